The van der Waals surface area contributed by atoms with Gasteiger partial charge in [-0.15, -0.1) is 0 Å². The first-order valence-electron chi connectivity index (χ1n) is 19.7. The molecule has 1 aliphatic heterocycles. The maximum Gasteiger partial charge on any atom is 0.318 e. The third kappa shape index (κ3) is 7.24. The molecule has 2 aromatic carbocycles. The normalized spacial score (nSPS) is 27.5. The first-order chi connectivity index (χ1) is 23.3. The highest BCUT2D eigenvalue weighted by molar-refractivity contribution is 5.74. The summed E-state index contributed by atoms with van der Waals surface area (Å²) >= 11 is 0. The molecule has 0 bridgehead atoms. The number of piperidine rings is 1. The minimum absolute atomic E-state index is 0.0366. The van der Waals surface area contributed by atoms with Crippen molar-refractivity contribution in [3.63, 3.8) is 0 Å². The summed E-state index contributed by atoms with van der Waals surface area (Å²) in [7, 11) is 1.72. The SMILES string of the molecule is [2H]c1c([2H])c(C([2H])([2H])N(C(=O)NC([2H])([2H])c2c([2H])c([2H])c(OC([2H])([2H])C([2H])(C([2H])([2H])[2H])C([2H])([2H])[2H])c([2H])c2[2H])C2CCN(C)CC2)c([2H])c([2H])c1F. The minimum atomic E-state index is -4.05. The van der Waals surface area contributed by atoms with Gasteiger partial charge in [-0.3, -0.25) is 0 Å². The summed E-state index contributed by atoms with van der Waals surface area (Å²) in [5.41, 5.74) is -2.29. The molecule has 5 nitrogen and oxygen atoms in total. The lowest BCUT2D eigenvalue weighted by atomic mass is 10.0. The standard InChI is InChI=1S/C25H34FN3O2/c1-19(2)18-31-24-10-6-20(7-11-24)16-27-25(30)29(23-12-14-28(3)15-13-23)17-21-4-8-22(26)9-5-21/h4-11,19,23H,12-18H2,1-3H3,(H,27,30)/i1D3,2D3,4D,5D,6D,7D,8D,9D,10D,11D,16D2,17D2,18D2,19D. The van der Waals surface area contributed by atoms with E-state index in [1.807, 2.05) is 4.90 Å². The molecule has 1 saturated heterocycles. The molecule has 0 unspecified atom stereocenters. The van der Waals surface area contributed by atoms with Gasteiger partial charge in [0, 0.05) is 28.6 Å². The highest BCUT2D eigenvalue weighted by atomic mass is 19.1. The molecule has 168 valence electrons. The van der Waals surface area contributed by atoms with Gasteiger partial charge in [0.1, 0.15) is 11.6 Å². The Hall–Kier alpha value is -2.60. The summed E-state index contributed by atoms with van der Waals surface area (Å²) in [5, 5.41) is 1.78. The van der Waals surface area contributed by atoms with Crippen molar-refractivity contribution in [3.8, 4) is 5.75 Å². The van der Waals surface area contributed by atoms with Crippen LogP contribution < -0.4 is 10.1 Å². The van der Waals surface area contributed by atoms with Gasteiger partial charge in [-0.1, -0.05) is 37.9 Å². The molecule has 0 saturated carbocycles. The Balaban J connectivity index is 2.17. The first-order valence-corrected chi connectivity index (χ1v) is 9.15. The number of benzene rings is 2. The molecular formula is C25H34FN3O2. The van der Waals surface area contributed by atoms with Crippen molar-refractivity contribution in [1.29, 1.82) is 0 Å². The van der Waals surface area contributed by atoms with Crippen molar-refractivity contribution in [2.75, 3.05) is 26.7 Å². The highest BCUT2D eigenvalue weighted by Gasteiger charge is 2.27. The predicted molar refractivity (Wildman–Crippen MR) is 121 cm³/mol. The Morgan fingerprint density at radius 3 is 2.55 bits per heavy atom. The van der Waals surface area contributed by atoms with Gasteiger partial charge in [-0.25, -0.2) is 9.18 Å². The number of ether oxygens (including phenoxy) is 1. The van der Waals surface area contributed by atoms with Crippen molar-refractivity contribution in [1.82, 2.24) is 15.1 Å². The van der Waals surface area contributed by atoms with Gasteiger partial charge >= 0.3 is 6.03 Å². The lowest BCUT2D eigenvalue weighted by Gasteiger charge is -2.37. The molecule has 6 heteroatoms. The Labute approximate surface area is 214 Å². The molecule has 0 spiro atoms. The lowest BCUT2D eigenvalue weighted by molar-refractivity contribution is 0.127. The van der Waals surface area contributed by atoms with Gasteiger partial charge in [0.15, 0.2) is 0 Å². The van der Waals surface area contributed by atoms with Crippen LogP contribution in [0.4, 0.5) is 9.18 Å². The maximum absolute atomic E-state index is 14.4. The number of urea groups is 1. The monoisotopic (exact) mass is 448 g/mol. The number of nitrogens with one attached hydrogen (secondary N) is 1. The number of hydrogen-bond acceptors (Lipinski definition) is 3. The summed E-state index contributed by atoms with van der Waals surface area (Å²) < 4.78 is 189. The third-order valence-corrected chi connectivity index (χ3v) is 4.25. The smallest absolute Gasteiger partial charge is 0.318 e. The summed E-state index contributed by atoms with van der Waals surface area (Å²) in [5.74, 6) is -7.03. The second kappa shape index (κ2) is 11.1. The van der Waals surface area contributed by atoms with Gasteiger partial charge in [0.2, 0.25) is 0 Å². The summed E-state index contributed by atoms with van der Waals surface area (Å²) in [6, 6.07) is -13.0. The number of amides is 2. The number of nitrogens with zero attached hydrogens (tertiary/aromatic N) is 2. The minimum Gasteiger partial charge on any atom is -0.493 e. The Kier molecular flexibility index (Phi) is 2.90. The Morgan fingerprint density at radius 2 is 1.90 bits per heavy atom. The molecule has 1 fully saturated rings. The van der Waals surface area contributed by atoms with Crippen LogP contribution in [-0.4, -0.2) is 48.6 Å². The molecule has 0 radical (unpaired) electrons. The molecular weight excluding hydrogens is 393 g/mol. The quantitative estimate of drug-likeness (QED) is 0.638. The average molecular weight is 449 g/mol. The van der Waals surface area contributed by atoms with Gasteiger partial charge in [-0.2, -0.15) is 0 Å². The molecule has 1 aliphatic rings. The van der Waals surface area contributed by atoms with Crippen LogP contribution in [-0.2, 0) is 13.0 Å². The molecule has 1 N–H and O–H groups in total. The second-order valence-electron chi connectivity index (χ2n) is 6.54. The highest BCUT2D eigenvalue weighted by Crippen LogP contribution is 2.19. The van der Waals surface area contributed by atoms with E-state index in [1.54, 1.807) is 12.4 Å². The van der Waals surface area contributed by atoms with Crippen LogP contribution in [0.15, 0.2) is 48.3 Å². The van der Waals surface area contributed by atoms with Crippen LogP contribution in [0, 0.1) is 11.7 Å². The van der Waals surface area contributed by atoms with Crippen LogP contribution in [0.25, 0.3) is 0 Å². The van der Waals surface area contributed by atoms with E-state index in [0.29, 0.717) is 4.90 Å². The van der Waals surface area contributed by atoms with Crippen molar-refractivity contribution in [3.05, 3.63) is 65.3 Å². The number of likely N-dealkylation sites (tertiary alicyclic amines) is 1. The zero-order valence-corrected chi connectivity index (χ0v) is 16.5. The molecule has 0 aliphatic carbocycles. The van der Waals surface area contributed by atoms with Gasteiger partial charge in [0.05, 0.1) is 25.7 Å². The van der Waals surface area contributed by atoms with E-state index >= 15 is 0 Å². The maximum atomic E-state index is 14.4. The first kappa shape index (κ1) is 8.07. The van der Waals surface area contributed by atoms with Crippen molar-refractivity contribution >= 4 is 6.03 Å². The number of carbonyl (C=O) groups is 1. The molecule has 31 heavy (non-hydrogen) atoms. The van der Waals surface area contributed by atoms with E-state index < -0.39 is 122 Å². The zero-order chi connectivity index (χ0) is 40.5. The molecule has 2 aromatic rings. The predicted octanol–water partition coefficient (Wildman–Crippen LogP) is 4.67. The van der Waals surface area contributed by atoms with Gasteiger partial charge in [0.25, 0.3) is 0 Å². The van der Waals surface area contributed by atoms with Gasteiger partial charge < -0.3 is 19.9 Å². The van der Waals surface area contributed by atoms with Crippen LogP contribution in [0.5, 0.6) is 5.75 Å². The second-order valence-corrected chi connectivity index (χ2v) is 6.54. The van der Waals surface area contributed by atoms with E-state index in [0.717, 1.165) is 0 Å². The fourth-order valence-electron chi connectivity index (χ4n) is 2.73. The number of carbonyl (C=O) groups excluding carboxylic acids is 1. The van der Waals surface area contributed by atoms with E-state index in [9.17, 15) is 9.18 Å². The Morgan fingerprint density at radius 1 is 1.26 bits per heavy atom. The number of rotatable bonds is 8. The topological polar surface area (TPSA) is 44.8 Å². The third-order valence-electron chi connectivity index (χ3n) is 4.25. The van der Waals surface area contributed by atoms with Crippen molar-refractivity contribution in [2.24, 2.45) is 5.89 Å². The molecule has 2 amide bonds. The van der Waals surface area contributed by atoms with E-state index in [1.165, 1.54) is 0 Å². The largest absolute Gasteiger partial charge is 0.493 e. The summed E-state index contributed by atoms with van der Waals surface area (Å²) in [6.07, 6.45) is 0.0732. The number of halogens is 1. The van der Waals surface area contributed by atoms with Crippen molar-refractivity contribution < 1.29 is 42.7 Å². The van der Waals surface area contributed by atoms with Crippen LogP contribution in [0.2, 0.25) is 0 Å². The Bertz CT molecular complexity index is 1650. The fraction of sp³-hybridized carbons (Fsp3) is 0.480. The molecule has 3 rings (SSSR count). The fourth-order valence-corrected chi connectivity index (χ4v) is 2.73. The lowest BCUT2D eigenvalue weighted by Crippen LogP contribution is -2.49. The van der Waals surface area contributed by atoms with Gasteiger partial charge in [-0.05, 0) is 74.2 Å². The summed E-state index contributed by atoms with van der Waals surface area (Å²) in [6.45, 7) is -18.0. The van der Waals surface area contributed by atoms with E-state index in [2.05, 4.69) is 0 Å². The van der Waals surface area contributed by atoms with E-state index in [-0.39, 0.29) is 25.9 Å². The van der Waals surface area contributed by atoms with Crippen LogP contribution in [0.3, 0.4) is 0 Å². The zero-order valence-electron chi connectivity index (χ0n) is 37.5. The van der Waals surface area contributed by atoms with Crippen LogP contribution >= 0.6 is 0 Å². The number of hydrogen-bond donors (Lipinski definition) is 1. The molecule has 0 aromatic heterocycles. The van der Waals surface area contributed by atoms with Crippen LogP contribution in [0.1, 0.15) is 66.5 Å². The van der Waals surface area contributed by atoms with E-state index in [4.69, 9.17) is 33.5 Å². The average Bonchev–Trinajstić information content (AvgIpc) is 2.99. The molecule has 1 heterocycles. The van der Waals surface area contributed by atoms with Crippen molar-refractivity contribution in [2.45, 2.75) is 45.6 Å². The molecule has 0 atom stereocenters. The summed E-state index contributed by atoms with van der Waals surface area (Å²) in [4.78, 5) is 16.2.